The number of thioether (sulfide) groups is 1. The molecule has 0 saturated heterocycles. The molecule has 3 N–H and O–H groups in total. The van der Waals surface area contributed by atoms with Gasteiger partial charge in [0.05, 0.1) is 0 Å². The van der Waals surface area contributed by atoms with Crippen LogP contribution in [0.5, 0.6) is 0 Å². The molecule has 0 aliphatic carbocycles. The van der Waals surface area contributed by atoms with Crippen LogP contribution >= 0.6 is 19.8 Å². The van der Waals surface area contributed by atoms with E-state index in [0.29, 0.717) is 11.7 Å². The first-order valence-electron chi connectivity index (χ1n) is 3.01. The molecule has 0 aromatic carbocycles. The van der Waals surface area contributed by atoms with Crippen molar-refractivity contribution < 1.29 is 9.46 Å². The molecule has 60 valence electrons. The van der Waals surface area contributed by atoms with Crippen molar-refractivity contribution in [2.75, 3.05) is 6.26 Å². The zero-order valence-electron chi connectivity index (χ0n) is 6.15. The Morgan fingerprint density at radius 3 is 2.60 bits per heavy atom. The van der Waals surface area contributed by atoms with Gasteiger partial charge in [-0.25, -0.2) is 0 Å². The Balaban J connectivity index is 3.56. The largest absolute Gasteiger partial charge is 0.524 e. The SMILES string of the molecule is CSC(C)CC(N)[P+](=O)O. The lowest BCUT2D eigenvalue weighted by atomic mass is 10.3. The maximum absolute atomic E-state index is 10.4. The summed E-state index contributed by atoms with van der Waals surface area (Å²) in [5.41, 5.74) is 5.35. The summed E-state index contributed by atoms with van der Waals surface area (Å²) in [6, 6.07) is 0. The average molecular weight is 182 g/mol. The van der Waals surface area contributed by atoms with Crippen molar-refractivity contribution in [3.05, 3.63) is 0 Å². The van der Waals surface area contributed by atoms with Crippen molar-refractivity contribution >= 4 is 19.8 Å². The van der Waals surface area contributed by atoms with Crippen LogP contribution in [-0.4, -0.2) is 22.2 Å². The lowest BCUT2D eigenvalue weighted by Crippen LogP contribution is -2.19. The third-order valence-electron chi connectivity index (χ3n) is 1.26. The molecular weight excluding hydrogens is 169 g/mol. The third kappa shape index (κ3) is 4.23. The first kappa shape index (κ1) is 10.4. The van der Waals surface area contributed by atoms with Gasteiger partial charge in [-0.1, -0.05) is 6.92 Å². The minimum atomic E-state index is -2.19. The number of hydrogen-bond acceptors (Lipinski definition) is 3. The van der Waals surface area contributed by atoms with E-state index in [2.05, 4.69) is 0 Å². The summed E-state index contributed by atoms with van der Waals surface area (Å²) in [5.74, 6) is -0.558. The molecule has 0 fully saturated rings. The van der Waals surface area contributed by atoms with Crippen LogP contribution in [0.25, 0.3) is 0 Å². The molecule has 10 heavy (non-hydrogen) atoms. The molecule has 0 amide bonds. The van der Waals surface area contributed by atoms with Crippen LogP contribution in [0.1, 0.15) is 13.3 Å². The highest BCUT2D eigenvalue weighted by Crippen LogP contribution is 2.24. The Morgan fingerprint density at radius 2 is 2.30 bits per heavy atom. The van der Waals surface area contributed by atoms with E-state index in [1.54, 1.807) is 11.8 Å². The summed E-state index contributed by atoms with van der Waals surface area (Å²) in [4.78, 5) is 8.54. The van der Waals surface area contributed by atoms with Gasteiger partial charge in [0.1, 0.15) is 0 Å². The smallest absolute Gasteiger partial charge is 0.285 e. The standard InChI is InChI=1S/C5H12NO2PS/c1-4(10-2)3-5(6)9(7)8/h4-5H,3,6H2,1-2H3/p+1. The van der Waals surface area contributed by atoms with Gasteiger partial charge in [0, 0.05) is 11.7 Å². The van der Waals surface area contributed by atoms with Crippen molar-refractivity contribution in [3.63, 3.8) is 0 Å². The van der Waals surface area contributed by atoms with Gasteiger partial charge in [0.15, 0.2) is 0 Å². The third-order valence-corrected chi connectivity index (χ3v) is 3.03. The minimum Gasteiger partial charge on any atom is -0.285 e. The van der Waals surface area contributed by atoms with Crippen LogP contribution in [0, 0.1) is 0 Å². The predicted molar refractivity (Wildman–Crippen MR) is 45.4 cm³/mol. The average Bonchev–Trinajstić information content (AvgIpc) is 1.87. The van der Waals surface area contributed by atoms with Crippen molar-refractivity contribution in [2.24, 2.45) is 5.73 Å². The predicted octanol–water partition coefficient (Wildman–Crippen LogP) is 1.15. The number of nitrogens with two attached hydrogens (primary N) is 1. The van der Waals surface area contributed by atoms with Crippen LogP contribution in [-0.2, 0) is 4.57 Å². The maximum atomic E-state index is 10.4. The molecule has 3 atom stereocenters. The molecule has 0 aliphatic rings. The second-order valence-electron chi connectivity index (χ2n) is 2.15. The molecular formula is C5H13NO2PS+. The molecule has 0 aliphatic heterocycles. The second kappa shape index (κ2) is 5.08. The van der Waals surface area contributed by atoms with Crippen molar-refractivity contribution in [3.8, 4) is 0 Å². The van der Waals surface area contributed by atoms with E-state index >= 15 is 0 Å². The zero-order valence-corrected chi connectivity index (χ0v) is 7.86. The summed E-state index contributed by atoms with van der Waals surface area (Å²) >= 11 is 1.65. The molecule has 0 aromatic heterocycles. The zero-order chi connectivity index (χ0) is 8.15. The summed E-state index contributed by atoms with van der Waals surface area (Å²) in [6.07, 6.45) is 2.56. The molecule has 0 spiro atoms. The van der Waals surface area contributed by atoms with E-state index in [4.69, 9.17) is 10.6 Å². The normalized spacial score (nSPS) is 18.2. The Hall–Kier alpha value is 0.370. The maximum Gasteiger partial charge on any atom is 0.524 e. The van der Waals surface area contributed by atoms with Crippen LogP contribution < -0.4 is 5.73 Å². The molecule has 0 aromatic rings. The van der Waals surface area contributed by atoms with E-state index in [1.165, 1.54) is 0 Å². The highest BCUT2D eigenvalue weighted by atomic mass is 32.2. The van der Waals surface area contributed by atoms with E-state index in [9.17, 15) is 4.57 Å². The van der Waals surface area contributed by atoms with E-state index in [1.807, 2.05) is 13.2 Å². The Kier molecular flexibility index (Phi) is 5.27. The summed E-state index contributed by atoms with van der Waals surface area (Å²) in [5, 5.41) is 0.362. The van der Waals surface area contributed by atoms with E-state index in [0.717, 1.165) is 0 Å². The Bertz CT molecular complexity index is 122. The molecule has 0 radical (unpaired) electrons. The van der Waals surface area contributed by atoms with E-state index in [-0.39, 0.29) is 0 Å². The fraction of sp³-hybridized carbons (Fsp3) is 1.00. The fourth-order valence-electron chi connectivity index (χ4n) is 0.526. The molecule has 0 heterocycles. The van der Waals surface area contributed by atoms with Crippen LogP contribution in [0.15, 0.2) is 0 Å². The van der Waals surface area contributed by atoms with Gasteiger partial charge in [0.2, 0.25) is 5.78 Å². The fourth-order valence-corrected chi connectivity index (χ4v) is 1.57. The summed E-state index contributed by atoms with van der Waals surface area (Å²) in [7, 11) is -2.19. The van der Waals surface area contributed by atoms with Crippen molar-refractivity contribution in [1.29, 1.82) is 0 Å². The monoisotopic (exact) mass is 182 g/mol. The van der Waals surface area contributed by atoms with Crippen molar-refractivity contribution in [1.82, 2.24) is 0 Å². The van der Waals surface area contributed by atoms with Crippen LogP contribution in [0.4, 0.5) is 0 Å². The number of rotatable bonds is 4. The van der Waals surface area contributed by atoms with Crippen LogP contribution in [0.2, 0.25) is 0 Å². The highest BCUT2D eigenvalue weighted by Gasteiger charge is 2.25. The summed E-state index contributed by atoms with van der Waals surface area (Å²) in [6.45, 7) is 1.99. The second-order valence-corrected chi connectivity index (χ2v) is 4.70. The first-order valence-corrected chi connectivity index (χ1v) is 5.58. The van der Waals surface area contributed by atoms with Gasteiger partial charge in [0.25, 0.3) is 0 Å². The van der Waals surface area contributed by atoms with Gasteiger partial charge >= 0.3 is 8.03 Å². The molecule has 0 saturated carbocycles. The van der Waals surface area contributed by atoms with Gasteiger partial charge in [-0.15, -0.1) is 0 Å². The lowest BCUT2D eigenvalue weighted by molar-refractivity contribution is 0.485. The molecule has 0 bridgehead atoms. The first-order chi connectivity index (χ1) is 4.57. The molecule has 5 heteroatoms. The molecule has 3 unspecified atom stereocenters. The minimum absolute atomic E-state index is 0.362. The van der Waals surface area contributed by atoms with Gasteiger partial charge in [-0.3, -0.25) is 5.73 Å². The Morgan fingerprint density at radius 1 is 1.80 bits per heavy atom. The quantitative estimate of drug-likeness (QED) is 0.640. The van der Waals surface area contributed by atoms with Gasteiger partial charge in [-0.2, -0.15) is 16.7 Å². The Labute approximate surface area is 66.2 Å². The highest BCUT2D eigenvalue weighted by molar-refractivity contribution is 7.99. The van der Waals surface area contributed by atoms with Gasteiger partial charge in [-0.05, 0) is 10.8 Å². The van der Waals surface area contributed by atoms with E-state index < -0.39 is 13.8 Å². The number of hydrogen-bond donors (Lipinski definition) is 2. The lowest BCUT2D eigenvalue weighted by Gasteiger charge is -2.04. The van der Waals surface area contributed by atoms with Crippen LogP contribution in [0.3, 0.4) is 0 Å². The summed E-state index contributed by atoms with van der Waals surface area (Å²) < 4.78 is 10.4. The van der Waals surface area contributed by atoms with Gasteiger partial charge < -0.3 is 0 Å². The molecule has 0 rings (SSSR count). The molecule has 3 nitrogen and oxygen atoms in total. The van der Waals surface area contributed by atoms with Crippen molar-refractivity contribution in [2.45, 2.75) is 24.4 Å². The topological polar surface area (TPSA) is 63.3 Å².